The largest absolute Gasteiger partial charge is 0.389 e. The maximum absolute atomic E-state index is 11.9. The Morgan fingerprint density at radius 1 is 1.35 bits per heavy atom. The molecule has 6 heteroatoms. The Bertz CT molecular complexity index is 540. The van der Waals surface area contributed by atoms with Crippen molar-refractivity contribution in [1.82, 2.24) is 0 Å². The van der Waals surface area contributed by atoms with Crippen molar-refractivity contribution in [2.75, 3.05) is 16.6 Å². The Morgan fingerprint density at radius 3 is 2.76 bits per heavy atom. The molecule has 0 aromatic heterocycles. The van der Waals surface area contributed by atoms with Gasteiger partial charge in [-0.25, -0.2) is 8.42 Å². The zero-order chi connectivity index (χ0) is 12.5. The Morgan fingerprint density at radius 2 is 2.12 bits per heavy atom. The van der Waals surface area contributed by atoms with Crippen molar-refractivity contribution in [1.29, 1.82) is 0 Å². The van der Waals surface area contributed by atoms with E-state index in [2.05, 4.69) is 0 Å². The van der Waals surface area contributed by atoms with Crippen LogP contribution in [0.2, 0.25) is 0 Å². The molecule has 2 N–H and O–H groups in total. The minimum absolute atomic E-state index is 0.213. The fourth-order valence-corrected chi connectivity index (χ4v) is 3.65. The molecule has 1 heterocycles. The smallest absolute Gasteiger partial charge is 0.235 e. The van der Waals surface area contributed by atoms with Crippen LogP contribution in [0.5, 0.6) is 0 Å². The first kappa shape index (κ1) is 12.3. The fourth-order valence-electron chi connectivity index (χ4n) is 1.89. The van der Waals surface area contributed by atoms with Crippen molar-refractivity contribution in [2.24, 2.45) is 5.73 Å². The third kappa shape index (κ3) is 2.58. The van der Waals surface area contributed by atoms with Gasteiger partial charge in [-0.1, -0.05) is 24.4 Å². The summed E-state index contributed by atoms with van der Waals surface area (Å²) in [7, 11) is -3.17. The van der Waals surface area contributed by atoms with E-state index < -0.39 is 10.0 Å². The molecule has 4 nitrogen and oxygen atoms in total. The van der Waals surface area contributed by atoms with E-state index in [4.69, 9.17) is 18.0 Å². The summed E-state index contributed by atoms with van der Waals surface area (Å²) >= 11 is 4.89. The second-order valence-electron chi connectivity index (χ2n) is 4.01. The van der Waals surface area contributed by atoms with Crippen molar-refractivity contribution in [3.8, 4) is 0 Å². The summed E-state index contributed by atoms with van der Waals surface area (Å²) < 4.78 is 25.3. The molecule has 0 aliphatic carbocycles. The quantitative estimate of drug-likeness (QED) is 0.822. The number of benzene rings is 1. The van der Waals surface area contributed by atoms with Crippen molar-refractivity contribution < 1.29 is 8.42 Å². The lowest BCUT2D eigenvalue weighted by Gasteiger charge is -2.28. The minimum Gasteiger partial charge on any atom is -0.389 e. The number of hydrogen-bond acceptors (Lipinski definition) is 3. The third-order valence-corrected chi connectivity index (χ3v) is 4.87. The summed E-state index contributed by atoms with van der Waals surface area (Å²) in [6.45, 7) is 0.531. The van der Waals surface area contributed by atoms with Crippen LogP contribution in [-0.2, 0) is 10.0 Å². The Labute approximate surface area is 106 Å². The van der Waals surface area contributed by atoms with Gasteiger partial charge in [0.2, 0.25) is 10.0 Å². The molecule has 0 radical (unpaired) electrons. The topological polar surface area (TPSA) is 63.4 Å². The van der Waals surface area contributed by atoms with E-state index in [9.17, 15) is 8.42 Å². The predicted octanol–water partition coefficient (Wildman–Crippen LogP) is 1.25. The molecule has 0 amide bonds. The molecule has 92 valence electrons. The van der Waals surface area contributed by atoms with E-state index in [1.54, 1.807) is 24.3 Å². The number of rotatable bonds is 2. The minimum atomic E-state index is -3.17. The average Bonchev–Trinajstić information content (AvgIpc) is 2.28. The highest BCUT2D eigenvalue weighted by Crippen LogP contribution is 2.24. The Hall–Kier alpha value is -1.14. The van der Waals surface area contributed by atoms with E-state index in [-0.39, 0.29) is 10.7 Å². The van der Waals surface area contributed by atoms with Gasteiger partial charge in [0, 0.05) is 12.1 Å². The summed E-state index contributed by atoms with van der Waals surface area (Å²) in [5, 5.41) is 0. The molecule has 1 fully saturated rings. The van der Waals surface area contributed by atoms with Crippen molar-refractivity contribution in [2.45, 2.75) is 12.8 Å². The van der Waals surface area contributed by atoms with Gasteiger partial charge in [-0.2, -0.15) is 0 Å². The van der Waals surface area contributed by atoms with Gasteiger partial charge >= 0.3 is 0 Å². The van der Waals surface area contributed by atoms with E-state index in [0.717, 1.165) is 12.8 Å². The van der Waals surface area contributed by atoms with Crippen molar-refractivity contribution in [3.05, 3.63) is 29.8 Å². The lowest BCUT2D eigenvalue weighted by molar-refractivity contribution is 0.574. The van der Waals surface area contributed by atoms with Gasteiger partial charge in [-0.3, -0.25) is 4.31 Å². The van der Waals surface area contributed by atoms with Crippen LogP contribution in [0, 0.1) is 0 Å². The molecule has 0 spiro atoms. The van der Waals surface area contributed by atoms with Crippen LogP contribution >= 0.6 is 12.2 Å². The molecule has 0 unspecified atom stereocenters. The number of hydrogen-bond donors (Lipinski definition) is 1. The molecular formula is C11H14N2O2S2. The van der Waals surface area contributed by atoms with E-state index in [0.29, 0.717) is 17.8 Å². The van der Waals surface area contributed by atoms with Gasteiger partial charge in [0.15, 0.2) is 0 Å². The monoisotopic (exact) mass is 270 g/mol. The second-order valence-corrected chi connectivity index (χ2v) is 6.46. The zero-order valence-corrected chi connectivity index (χ0v) is 10.9. The van der Waals surface area contributed by atoms with Gasteiger partial charge in [-0.15, -0.1) is 0 Å². The highest BCUT2D eigenvalue weighted by molar-refractivity contribution is 7.92. The molecule has 0 saturated carbocycles. The Kier molecular flexibility index (Phi) is 3.35. The van der Waals surface area contributed by atoms with Gasteiger partial charge in [0.1, 0.15) is 4.99 Å². The van der Waals surface area contributed by atoms with E-state index in [1.165, 1.54) is 4.31 Å². The SMILES string of the molecule is NC(=S)c1cccc(N2CCCCS2(=O)=O)c1. The molecule has 1 aliphatic rings. The van der Waals surface area contributed by atoms with Crippen molar-refractivity contribution in [3.63, 3.8) is 0 Å². The maximum atomic E-state index is 11.9. The lowest BCUT2D eigenvalue weighted by Crippen LogP contribution is -2.37. The Balaban J connectivity index is 2.39. The molecule has 1 saturated heterocycles. The fraction of sp³-hybridized carbons (Fsp3) is 0.364. The highest BCUT2D eigenvalue weighted by Gasteiger charge is 2.25. The zero-order valence-electron chi connectivity index (χ0n) is 9.30. The molecule has 2 rings (SSSR count). The normalized spacial score (nSPS) is 18.9. The maximum Gasteiger partial charge on any atom is 0.235 e. The van der Waals surface area contributed by atoms with Crippen molar-refractivity contribution >= 4 is 32.9 Å². The second kappa shape index (κ2) is 4.62. The van der Waals surface area contributed by atoms with E-state index in [1.807, 2.05) is 0 Å². The standard InChI is InChI=1S/C11H14N2O2S2/c12-11(16)9-4-3-5-10(8-9)13-6-1-2-7-17(13,14)15/h3-5,8H,1-2,6-7H2,(H2,12,16). The first-order valence-electron chi connectivity index (χ1n) is 5.41. The summed E-state index contributed by atoms with van der Waals surface area (Å²) in [5.41, 5.74) is 6.88. The first-order valence-corrected chi connectivity index (χ1v) is 7.43. The van der Waals surface area contributed by atoms with Crippen LogP contribution in [0.4, 0.5) is 5.69 Å². The van der Waals surface area contributed by atoms with Crippen LogP contribution in [0.1, 0.15) is 18.4 Å². The molecule has 0 bridgehead atoms. The molecule has 1 aromatic carbocycles. The van der Waals surface area contributed by atoms with Crippen LogP contribution in [0.15, 0.2) is 24.3 Å². The van der Waals surface area contributed by atoms with Crippen LogP contribution in [0.3, 0.4) is 0 Å². The summed E-state index contributed by atoms with van der Waals surface area (Å²) in [6.07, 6.45) is 1.62. The van der Waals surface area contributed by atoms with Crippen LogP contribution in [-0.4, -0.2) is 25.7 Å². The van der Waals surface area contributed by atoms with Gasteiger partial charge < -0.3 is 5.73 Å². The number of thiocarbonyl (C=S) groups is 1. The molecule has 1 aromatic rings. The number of sulfonamides is 1. The third-order valence-electron chi connectivity index (χ3n) is 2.77. The first-order chi connectivity index (χ1) is 8.00. The summed E-state index contributed by atoms with van der Waals surface area (Å²) in [6, 6.07) is 7.05. The number of nitrogens with two attached hydrogens (primary N) is 1. The predicted molar refractivity (Wildman–Crippen MR) is 72.7 cm³/mol. The lowest BCUT2D eigenvalue weighted by atomic mass is 10.2. The van der Waals surface area contributed by atoms with Gasteiger partial charge in [0.05, 0.1) is 11.4 Å². The van der Waals surface area contributed by atoms with Crippen LogP contribution in [0.25, 0.3) is 0 Å². The number of anilines is 1. The van der Waals surface area contributed by atoms with Gasteiger partial charge in [0.25, 0.3) is 0 Å². The number of nitrogens with zero attached hydrogens (tertiary/aromatic N) is 1. The molecule has 0 atom stereocenters. The van der Waals surface area contributed by atoms with Gasteiger partial charge in [-0.05, 0) is 25.0 Å². The summed E-state index contributed by atoms with van der Waals surface area (Å²) in [4.78, 5) is 0.279. The molecular weight excluding hydrogens is 256 g/mol. The molecule has 17 heavy (non-hydrogen) atoms. The molecule has 1 aliphatic heterocycles. The highest BCUT2D eigenvalue weighted by atomic mass is 32.2. The van der Waals surface area contributed by atoms with E-state index >= 15 is 0 Å². The van der Waals surface area contributed by atoms with Crippen LogP contribution < -0.4 is 10.0 Å². The summed E-state index contributed by atoms with van der Waals surface area (Å²) in [5.74, 6) is 0.213. The average molecular weight is 270 g/mol.